The molecule has 1 aromatic heterocycles. The Morgan fingerprint density at radius 1 is 0.935 bits per heavy atom. The number of carbonyl (C=O) groups is 3. The molecule has 0 spiro atoms. The molecule has 0 fully saturated rings. The summed E-state index contributed by atoms with van der Waals surface area (Å²) in [6.07, 6.45) is 0.835. The van der Waals surface area contributed by atoms with E-state index in [2.05, 4.69) is 10.6 Å². The van der Waals surface area contributed by atoms with Gasteiger partial charge in [-0.25, -0.2) is 4.79 Å². The summed E-state index contributed by atoms with van der Waals surface area (Å²) >= 11 is 1.07. The molecule has 0 saturated carbocycles. The van der Waals surface area contributed by atoms with Crippen molar-refractivity contribution in [2.45, 2.75) is 26.7 Å². The second-order valence-electron chi connectivity index (χ2n) is 6.83. The predicted molar refractivity (Wildman–Crippen MR) is 123 cm³/mol. The monoisotopic (exact) mass is 436 g/mol. The van der Waals surface area contributed by atoms with E-state index in [0.717, 1.165) is 16.9 Å². The maximum absolute atomic E-state index is 12.8. The highest BCUT2D eigenvalue weighted by Gasteiger charge is 2.26. The van der Waals surface area contributed by atoms with Gasteiger partial charge in [-0.05, 0) is 43.5 Å². The number of aryl methyl sites for hydroxylation is 1. The molecule has 0 radical (unpaired) electrons. The molecule has 0 aliphatic heterocycles. The smallest absolute Gasteiger partial charge is 0.341 e. The summed E-state index contributed by atoms with van der Waals surface area (Å²) in [7, 11) is 0. The van der Waals surface area contributed by atoms with Crippen LogP contribution in [0.5, 0.6) is 0 Å². The molecule has 0 bridgehead atoms. The average Bonchev–Trinajstić information content (AvgIpc) is 3.09. The van der Waals surface area contributed by atoms with Crippen LogP contribution in [0.1, 0.15) is 44.5 Å². The van der Waals surface area contributed by atoms with Crippen molar-refractivity contribution in [1.29, 1.82) is 0 Å². The molecule has 0 aliphatic rings. The third-order valence-corrected chi connectivity index (χ3v) is 5.81. The van der Waals surface area contributed by atoms with E-state index in [0.29, 0.717) is 27.5 Å². The molecule has 0 unspecified atom stereocenters. The largest absolute Gasteiger partial charge is 0.462 e. The minimum atomic E-state index is -0.562. The fourth-order valence-corrected chi connectivity index (χ4v) is 4.17. The molecule has 31 heavy (non-hydrogen) atoms. The number of ether oxygens (including phenoxy) is 1. The molecule has 7 heteroatoms. The van der Waals surface area contributed by atoms with E-state index in [1.54, 1.807) is 26.0 Å². The second-order valence-corrected chi connectivity index (χ2v) is 7.86. The highest BCUT2D eigenvalue weighted by molar-refractivity contribution is 7.18. The molecule has 2 aromatic carbocycles. The summed E-state index contributed by atoms with van der Waals surface area (Å²) in [5.74, 6) is -1.14. The van der Waals surface area contributed by atoms with Gasteiger partial charge in [-0.1, -0.05) is 48.5 Å². The van der Waals surface area contributed by atoms with E-state index in [1.165, 1.54) is 0 Å². The van der Waals surface area contributed by atoms with Gasteiger partial charge in [-0.2, -0.15) is 0 Å². The maximum atomic E-state index is 12.8. The lowest BCUT2D eigenvalue weighted by atomic mass is 10.1. The zero-order valence-electron chi connectivity index (χ0n) is 17.4. The maximum Gasteiger partial charge on any atom is 0.341 e. The van der Waals surface area contributed by atoms with E-state index >= 15 is 0 Å². The number of hydrogen-bond acceptors (Lipinski definition) is 5. The fraction of sp³-hybridized carbons (Fsp3) is 0.208. The number of benzene rings is 2. The average molecular weight is 437 g/mol. The van der Waals surface area contributed by atoms with Crippen molar-refractivity contribution in [2.24, 2.45) is 0 Å². The second kappa shape index (κ2) is 10.5. The van der Waals surface area contributed by atoms with Gasteiger partial charge >= 0.3 is 5.97 Å². The highest BCUT2D eigenvalue weighted by atomic mass is 32.1. The number of rotatable bonds is 8. The normalized spacial score (nSPS) is 10.4. The fourth-order valence-electron chi connectivity index (χ4n) is 3.07. The SMILES string of the molecule is CCOC(=O)c1c(NC(=O)CCc2ccccc2)sc(C(=O)Nc2ccccc2)c1C. The molecule has 1 heterocycles. The molecule has 6 nitrogen and oxygen atoms in total. The first-order valence-corrected chi connectivity index (χ1v) is 10.8. The quantitative estimate of drug-likeness (QED) is 0.484. The van der Waals surface area contributed by atoms with E-state index in [4.69, 9.17) is 4.74 Å². The van der Waals surface area contributed by atoms with E-state index in [-0.39, 0.29) is 30.4 Å². The number of nitrogens with one attached hydrogen (secondary N) is 2. The molecule has 3 aromatic rings. The van der Waals surface area contributed by atoms with Crippen molar-refractivity contribution in [3.8, 4) is 0 Å². The van der Waals surface area contributed by atoms with Gasteiger partial charge in [-0.15, -0.1) is 11.3 Å². The summed E-state index contributed by atoms with van der Waals surface area (Å²) in [6, 6.07) is 18.7. The number of thiophene rings is 1. The molecular formula is C24H24N2O4S. The standard InChI is InChI=1S/C24H24N2O4S/c1-3-30-24(29)20-16(2)21(22(28)25-18-12-8-5-9-13-18)31-23(20)26-19(27)15-14-17-10-6-4-7-11-17/h4-13H,3,14-15H2,1-2H3,(H,25,28)(H,26,27). The van der Waals surface area contributed by atoms with Gasteiger partial charge in [0.05, 0.1) is 17.0 Å². The van der Waals surface area contributed by atoms with E-state index in [1.807, 2.05) is 48.5 Å². The van der Waals surface area contributed by atoms with Gasteiger partial charge < -0.3 is 15.4 Å². The van der Waals surface area contributed by atoms with Gasteiger partial charge in [0.2, 0.25) is 5.91 Å². The number of hydrogen-bond donors (Lipinski definition) is 2. The molecule has 0 aliphatic carbocycles. The van der Waals surface area contributed by atoms with Crippen molar-refractivity contribution >= 4 is 39.8 Å². The first-order chi connectivity index (χ1) is 15.0. The Labute approximate surface area is 185 Å². The van der Waals surface area contributed by atoms with Gasteiger partial charge in [-0.3, -0.25) is 9.59 Å². The number of amides is 2. The van der Waals surface area contributed by atoms with Crippen LogP contribution in [0.2, 0.25) is 0 Å². The summed E-state index contributed by atoms with van der Waals surface area (Å²) < 4.78 is 5.16. The van der Waals surface area contributed by atoms with E-state index in [9.17, 15) is 14.4 Å². The summed E-state index contributed by atoms with van der Waals surface area (Å²) in [5.41, 5.74) is 2.40. The zero-order valence-corrected chi connectivity index (χ0v) is 18.3. The molecule has 2 N–H and O–H groups in total. The van der Waals surface area contributed by atoms with Crippen molar-refractivity contribution in [2.75, 3.05) is 17.2 Å². The van der Waals surface area contributed by atoms with Crippen LogP contribution in [0.25, 0.3) is 0 Å². The Morgan fingerprint density at radius 2 is 1.58 bits per heavy atom. The number of para-hydroxylation sites is 1. The van der Waals surface area contributed by atoms with Crippen LogP contribution in [0.15, 0.2) is 60.7 Å². The van der Waals surface area contributed by atoms with Crippen molar-refractivity contribution < 1.29 is 19.1 Å². The molecule has 2 amide bonds. The van der Waals surface area contributed by atoms with Crippen LogP contribution >= 0.6 is 11.3 Å². The molecule has 0 saturated heterocycles. The Morgan fingerprint density at radius 3 is 2.23 bits per heavy atom. The number of esters is 1. The van der Waals surface area contributed by atoms with Gasteiger partial charge in [0.1, 0.15) is 5.00 Å². The van der Waals surface area contributed by atoms with Crippen molar-refractivity contribution in [3.63, 3.8) is 0 Å². The van der Waals surface area contributed by atoms with Gasteiger partial charge in [0, 0.05) is 12.1 Å². The molecular weight excluding hydrogens is 412 g/mol. The third kappa shape index (κ3) is 5.79. The Balaban J connectivity index is 1.80. The van der Waals surface area contributed by atoms with E-state index < -0.39 is 5.97 Å². The van der Waals surface area contributed by atoms with Crippen LogP contribution in [-0.2, 0) is 16.0 Å². The summed E-state index contributed by atoms with van der Waals surface area (Å²) in [6.45, 7) is 3.59. The Hall–Kier alpha value is -3.45. The van der Waals surface area contributed by atoms with Gasteiger partial charge in [0.15, 0.2) is 0 Å². The number of anilines is 2. The topological polar surface area (TPSA) is 84.5 Å². The third-order valence-electron chi connectivity index (χ3n) is 4.60. The lowest BCUT2D eigenvalue weighted by molar-refractivity contribution is -0.116. The zero-order chi connectivity index (χ0) is 22.2. The molecule has 160 valence electrons. The Bertz CT molecular complexity index is 1060. The van der Waals surface area contributed by atoms with Crippen LogP contribution < -0.4 is 10.6 Å². The predicted octanol–water partition coefficient (Wildman–Crippen LogP) is 5.06. The molecule has 3 rings (SSSR count). The first-order valence-electron chi connectivity index (χ1n) is 10.00. The first kappa shape index (κ1) is 22.2. The highest BCUT2D eigenvalue weighted by Crippen LogP contribution is 2.34. The van der Waals surface area contributed by atoms with Crippen LogP contribution in [0, 0.1) is 6.92 Å². The lowest BCUT2D eigenvalue weighted by Crippen LogP contribution is -2.15. The minimum Gasteiger partial charge on any atom is -0.462 e. The summed E-state index contributed by atoms with van der Waals surface area (Å²) in [4.78, 5) is 38.2. The lowest BCUT2D eigenvalue weighted by Gasteiger charge is -2.07. The van der Waals surface area contributed by atoms with Crippen LogP contribution in [-0.4, -0.2) is 24.4 Å². The van der Waals surface area contributed by atoms with Crippen molar-refractivity contribution in [1.82, 2.24) is 0 Å². The number of carbonyl (C=O) groups excluding carboxylic acids is 3. The van der Waals surface area contributed by atoms with Gasteiger partial charge in [0.25, 0.3) is 5.91 Å². The van der Waals surface area contributed by atoms with Crippen LogP contribution in [0.3, 0.4) is 0 Å². The summed E-state index contributed by atoms with van der Waals surface area (Å²) in [5, 5.41) is 5.94. The van der Waals surface area contributed by atoms with Crippen LogP contribution in [0.4, 0.5) is 10.7 Å². The Kier molecular flexibility index (Phi) is 7.56. The minimum absolute atomic E-state index is 0.195. The van der Waals surface area contributed by atoms with Crippen molar-refractivity contribution in [3.05, 3.63) is 82.2 Å². The molecule has 0 atom stereocenters.